The molecule has 3 aromatic rings. The minimum absolute atomic E-state index is 0.828. The van der Waals surface area contributed by atoms with Crippen molar-refractivity contribution in [3.05, 3.63) is 71.1 Å². The second-order valence-corrected chi connectivity index (χ2v) is 8.91. The topological polar surface area (TPSA) is 28.2 Å². The van der Waals surface area contributed by atoms with E-state index in [1.165, 1.54) is 48.4 Å². The van der Waals surface area contributed by atoms with E-state index in [9.17, 15) is 0 Å². The normalized spacial score (nSPS) is 15.6. The third-order valence-corrected chi connectivity index (χ3v) is 6.56. The lowest BCUT2D eigenvalue weighted by Gasteiger charge is -2.32. The van der Waals surface area contributed by atoms with E-state index in [0.717, 1.165) is 29.8 Å². The van der Waals surface area contributed by atoms with Crippen LogP contribution in [-0.2, 0) is 6.54 Å². The quantitative estimate of drug-likeness (QED) is 0.549. The number of rotatable bonds is 7. The average Bonchev–Trinajstić information content (AvgIpc) is 3.11. The first kappa shape index (κ1) is 19.2. The van der Waals surface area contributed by atoms with Crippen molar-refractivity contribution in [3.63, 3.8) is 0 Å². The number of anilines is 1. The van der Waals surface area contributed by atoms with E-state index in [1.54, 1.807) is 11.3 Å². The van der Waals surface area contributed by atoms with Crippen LogP contribution in [0.3, 0.4) is 0 Å². The number of nitrogens with one attached hydrogen (secondary N) is 1. The zero-order valence-electron chi connectivity index (χ0n) is 16.6. The number of hydrogen-bond donors (Lipinski definition) is 1. The number of nitrogens with zero attached hydrogens (tertiary/aromatic N) is 2. The molecule has 4 rings (SSSR count). The van der Waals surface area contributed by atoms with Crippen molar-refractivity contribution < 1.29 is 0 Å². The molecule has 146 valence electrons. The summed E-state index contributed by atoms with van der Waals surface area (Å²) in [6, 6.07) is 21.3. The summed E-state index contributed by atoms with van der Waals surface area (Å²) < 4.78 is 0. The number of likely N-dealkylation sites (tertiary alicyclic amines) is 1. The molecule has 3 nitrogen and oxygen atoms in total. The summed E-state index contributed by atoms with van der Waals surface area (Å²) in [5.41, 5.74) is 3.74. The first-order valence-corrected chi connectivity index (χ1v) is 11.1. The molecule has 0 saturated carbocycles. The molecule has 0 spiro atoms. The minimum atomic E-state index is 0.828. The lowest BCUT2D eigenvalue weighted by molar-refractivity contribution is 0.174. The molecule has 0 unspecified atom stereocenters. The Bertz CT molecular complexity index is 852. The molecule has 0 amide bonds. The van der Waals surface area contributed by atoms with Gasteiger partial charge in [-0.1, -0.05) is 60.7 Å². The van der Waals surface area contributed by atoms with Gasteiger partial charge in [-0.2, -0.15) is 0 Å². The molecule has 28 heavy (non-hydrogen) atoms. The van der Waals surface area contributed by atoms with E-state index < -0.39 is 0 Å². The highest BCUT2D eigenvalue weighted by Gasteiger charge is 2.19. The lowest BCUT2D eigenvalue weighted by Crippen LogP contribution is -2.33. The van der Waals surface area contributed by atoms with Gasteiger partial charge in [-0.25, -0.2) is 4.98 Å². The molecule has 1 aromatic heterocycles. The molecule has 0 atom stereocenters. The molecule has 1 saturated heterocycles. The van der Waals surface area contributed by atoms with Gasteiger partial charge in [-0.15, -0.1) is 11.3 Å². The summed E-state index contributed by atoms with van der Waals surface area (Å²) in [5, 5.41) is 4.62. The summed E-state index contributed by atoms with van der Waals surface area (Å²) in [7, 11) is 0. The SMILES string of the molecule is Cc1sc(NCCC2CCN(Cc3ccccc3)CC2)nc1-c1ccccc1. The summed E-state index contributed by atoms with van der Waals surface area (Å²) in [4.78, 5) is 8.69. The third-order valence-electron chi connectivity index (χ3n) is 5.63. The summed E-state index contributed by atoms with van der Waals surface area (Å²) in [5.74, 6) is 0.828. The first-order chi connectivity index (χ1) is 13.8. The maximum Gasteiger partial charge on any atom is 0.183 e. The van der Waals surface area contributed by atoms with Crippen LogP contribution in [0.25, 0.3) is 11.3 Å². The van der Waals surface area contributed by atoms with Gasteiger partial charge in [0.15, 0.2) is 5.13 Å². The van der Waals surface area contributed by atoms with Crippen molar-refractivity contribution in [1.29, 1.82) is 0 Å². The number of piperidine rings is 1. The predicted molar refractivity (Wildman–Crippen MR) is 120 cm³/mol. The summed E-state index contributed by atoms with van der Waals surface area (Å²) in [6.45, 7) is 6.70. The largest absolute Gasteiger partial charge is 0.361 e. The van der Waals surface area contributed by atoms with E-state index in [0.29, 0.717) is 0 Å². The Hall–Kier alpha value is -2.17. The first-order valence-electron chi connectivity index (χ1n) is 10.3. The van der Waals surface area contributed by atoms with Crippen LogP contribution in [0.4, 0.5) is 5.13 Å². The van der Waals surface area contributed by atoms with Crippen LogP contribution in [0.1, 0.15) is 29.7 Å². The maximum absolute atomic E-state index is 4.82. The standard InChI is InChI=1S/C24H29N3S/c1-19-23(22-10-6-3-7-11-22)26-24(28-19)25-15-12-20-13-16-27(17-14-20)18-21-8-4-2-5-9-21/h2-11,20H,12-18H2,1H3,(H,25,26). The average molecular weight is 392 g/mol. The highest BCUT2D eigenvalue weighted by Crippen LogP contribution is 2.30. The molecule has 4 heteroatoms. The molecule has 2 heterocycles. The molecule has 1 fully saturated rings. The van der Waals surface area contributed by atoms with E-state index in [4.69, 9.17) is 4.98 Å². The van der Waals surface area contributed by atoms with Crippen molar-refractivity contribution >= 4 is 16.5 Å². The molecule has 1 aliphatic rings. The van der Waals surface area contributed by atoms with Gasteiger partial charge < -0.3 is 5.32 Å². The predicted octanol–water partition coefficient (Wildman–Crippen LogP) is 5.83. The van der Waals surface area contributed by atoms with Gasteiger partial charge in [0, 0.05) is 23.5 Å². The van der Waals surface area contributed by atoms with Gasteiger partial charge >= 0.3 is 0 Å². The fourth-order valence-corrected chi connectivity index (χ4v) is 4.86. The van der Waals surface area contributed by atoms with Crippen molar-refractivity contribution in [3.8, 4) is 11.3 Å². The van der Waals surface area contributed by atoms with Gasteiger partial charge in [-0.3, -0.25) is 4.90 Å². The number of aromatic nitrogens is 1. The molecular weight excluding hydrogens is 362 g/mol. The number of aryl methyl sites for hydroxylation is 1. The summed E-state index contributed by atoms with van der Waals surface area (Å²) in [6.07, 6.45) is 3.85. The van der Waals surface area contributed by atoms with Gasteiger partial charge in [-0.05, 0) is 50.8 Å². The third kappa shape index (κ3) is 5.00. The maximum atomic E-state index is 4.82. The Morgan fingerprint density at radius 1 is 1.00 bits per heavy atom. The van der Waals surface area contributed by atoms with Crippen molar-refractivity contribution in [1.82, 2.24) is 9.88 Å². The van der Waals surface area contributed by atoms with E-state index in [1.807, 2.05) is 0 Å². The molecular formula is C24H29N3S. The van der Waals surface area contributed by atoms with Crippen LogP contribution < -0.4 is 5.32 Å². The van der Waals surface area contributed by atoms with Crippen molar-refractivity contribution in [2.45, 2.75) is 32.7 Å². The second-order valence-electron chi connectivity index (χ2n) is 7.71. The zero-order valence-corrected chi connectivity index (χ0v) is 17.4. The Morgan fingerprint density at radius 3 is 2.39 bits per heavy atom. The van der Waals surface area contributed by atoms with Crippen LogP contribution in [0.5, 0.6) is 0 Å². The van der Waals surface area contributed by atoms with E-state index >= 15 is 0 Å². The number of thiazole rings is 1. The molecule has 1 N–H and O–H groups in total. The molecule has 0 radical (unpaired) electrons. The molecule has 0 bridgehead atoms. The molecule has 0 aliphatic carbocycles. The smallest absolute Gasteiger partial charge is 0.183 e. The number of benzene rings is 2. The molecule has 1 aliphatic heterocycles. The fourth-order valence-electron chi connectivity index (χ4n) is 3.99. The van der Waals surface area contributed by atoms with Gasteiger partial charge in [0.2, 0.25) is 0 Å². The van der Waals surface area contributed by atoms with Gasteiger partial charge in [0.05, 0.1) is 5.69 Å². The molecule has 2 aromatic carbocycles. The van der Waals surface area contributed by atoms with Gasteiger partial charge in [0.1, 0.15) is 0 Å². The van der Waals surface area contributed by atoms with E-state index in [-0.39, 0.29) is 0 Å². The van der Waals surface area contributed by atoms with Crippen LogP contribution in [0, 0.1) is 12.8 Å². The van der Waals surface area contributed by atoms with Crippen molar-refractivity contribution in [2.75, 3.05) is 25.0 Å². The van der Waals surface area contributed by atoms with Crippen LogP contribution in [0.2, 0.25) is 0 Å². The fraction of sp³-hybridized carbons (Fsp3) is 0.375. The van der Waals surface area contributed by atoms with Crippen LogP contribution in [-0.4, -0.2) is 29.5 Å². The lowest BCUT2D eigenvalue weighted by atomic mass is 9.93. The zero-order chi connectivity index (χ0) is 19.2. The second kappa shape index (κ2) is 9.35. The summed E-state index contributed by atoms with van der Waals surface area (Å²) >= 11 is 1.77. The minimum Gasteiger partial charge on any atom is -0.361 e. The Morgan fingerprint density at radius 2 is 1.68 bits per heavy atom. The monoisotopic (exact) mass is 391 g/mol. The number of hydrogen-bond acceptors (Lipinski definition) is 4. The van der Waals surface area contributed by atoms with Crippen molar-refractivity contribution in [2.24, 2.45) is 5.92 Å². The van der Waals surface area contributed by atoms with Crippen LogP contribution in [0.15, 0.2) is 60.7 Å². The Balaban J connectivity index is 1.21. The Labute approximate surface area is 172 Å². The van der Waals surface area contributed by atoms with E-state index in [2.05, 4.69) is 77.8 Å². The van der Waals surface area contributed by atoms with Crippen LogP contribution >= 0.6 is 11.3 Å². The van der Waals surface area contributed by atoms with Gasteiger partial charge in [0.25, 0.3) is 0 Å². The Kier molecular flexibility index (Phi) is 6.40. The highest BCUT2D eigenvalue weighted by atomic mass is 32.1. The highest BCUT2D eigenvalue weighted by molar-refractivity contribution is 7.16.